The van der Waals surface area contributed by atoms with Crippen LogP contribution in [0.3, 0.4) is 0 Å². The molecule has 0 radical (unpaired) electrons. The molecule has 2 aromatic carbocycles. The van der Waals surface area contributed by atoms with Gasteiger partial charge in [-0.05, 0) is 120 Å². The van der Waals surface area contributed by atoms with Gasteiger partial charge < -0.3 is 25.6 Å². The Balaban J connectivity index is 0.000000168. The molecule has 8 aromatic rings. The molecule has 332 valence electrons. The van der Waals surface area contributed by atoms with Crippen molar-refractivity contribution in [3.05, 3.63) is 122 Å². The fraction of sp³-hybridized carbons (Fsp3) is 0.298. The van der Waals surface area contributed by atoms with Crippen molar-refractivity contribution < 1.29 is 18.3 Å². The maximum absolute atomic E-state index is 13.6. The number of nitrogens with zero attached hydrogens (tertiary/aromatic N) is 11. The van der Waals surface area contributed by atoms with Crippen LogP contribution in [0, 0.1) is 11.6 Å². The number of amides is 1. The number of halogens is 2. The Morgan fingerprint density at radius 2 is 1.11 bits per heavy atom. The highest BCUT2D eigenvalue weighted by Crippen LogP contribution is 2.34. The van der Waals surface area contributed by atoms with Crippen molar-refractivity contribution >= 4 is 29.3 Å². The van der Waals surface area contributed by atoms with Gasteiger partial charge in [0.1, 0.15) is 17.2 Å². The van der Waals surface area contributed by atoms with Crippen LogP contribution in [0.15, 0.2) is 110 Å². The largest absolute Gasteiger partial charge is 0.444 e. The third-order valence-corrected chi connectivity index (χ3v) is 11.0. The first kappa shape index (κ1) is 42.8. The molecule has 10 rings (SSSR count). The summed E-state index contributed by atoms with van der Waals surface area (Å²) in [6.45, 7) is 8.78. The van der Waals surface area contributed by atoms with E-state index in [0.717, 1.165) is 72.7 Å². The van der Waals surface area contributed by atoms with Crippen LogP contribution in [0.2, 0.25) is 0 Å². The van der Waals surface area contributed by atoms with Crippen LogP contribution >= 0.6 is 0 Å². The molecule has 0 bridgehead atoms. The molecule has 3 N–H and O–H groups in total. The number of fused-ring (bicyclic) bond motifs is 2. The minimum atomic E-state index is -0.513. The van der Waals surface area contributed by atoms with Crippen molar-refractivity contribution in [3.8, 4) is 45.3 Å². The van der Waals surface area contributed by atoms with E-state index in [1.807, 2.05) is 54.1 Å². The van der Waals surface area contributed by atoms with E-state index in [0.29, 0.717) is 53.7 Å². The Kier molecular flexibility index (Phi) is 12.3. The molecule has 2 aliphatic rings. The second-order valence-electron chi connectivity index (χ2n) is 16.8. The van der Waals surface area contributed by atoms with Crippen LogP contribution in [0.1, 0.15) is 46.5 Å². The van der Waals surface area contributed by atoms with Crippen LogP contribution in [-0.4, -0.2) is 104 Å². The summed E-state index contributed by atoms with van der Waals surface area (Å²) in [5, 5.41) is 10.2. The Labute approximate surface area is 373 Å². The van der Waals surface area contributed by atoms with Crippen LogP contribution in [-0.2, 0) is 4.74 Å². The first-order chi connectivity index (χ1) is 31.5. The van der Waals surface area contributed by atoms with Crippen LogP contribution < -0.4 is 16.0 Å². The molecule has 0 unspecified atom stereocenters. The molecule has 18 heteroatoms. The number of nitrogens with one attached hydrogen (secondary N) is 3. The van der Waals surface area contributed by atoms with Crippen molar-refractivity contribution in [1.29, 1.82) is 0 Å². The molecule has 16 nitrogen and oxygen atoms in total. The van der Waals surface area contributed by atoms with Crippen molar-refractivity contribution in [3.63, 3.8) is 0 Å². The van der Waals surface area contributed by atoms with E-state index >= 15 is 0 Å². The number of carbonyl (C=O) groups is 1. The van der Waals surface area contributed by atoms with Gasteiger partial charge in [0.2, 0.25) is 11.9 Å². The SMILES string of the molecule is CC(C)(C)OC(=O)N1CCC(Nc2nccc(-c3c(-c4ccc(F)cc4)nc4cnccn34)n2)CC1.Fc1ccc(-c2nc3cnccn3c2-c2ccnc(NC3CCNCC3)n2)cc1. The molecular formula is C47H48F2N14O2. The fourth-order valence-electron chi connectivity index (χ4n) is 7.91. The van der Waals surface area contributed by atoms with E-state index in [9.17, 15) is 13.6 Å². The molecular weight excluding hydrogens is 831 g/mol. The summed E-state index contributed by atoms with van der Waals surface area (Å²) in [5.41, 5.74) is 6.86. The van der Waals surface area contributed by atoms with Gasteiger partial charge in [0.05, 0.1) is 46.6 Å². The van der Waals surface area contributed by atoms with E-state index in [4.69, 9.17) is 24.7 Å². The van der Waals surface area contributed by atoms with Gasteiger partial charge in [0.15, 0.2) is 11.3 Å². The lowest BCUT2D eigenvalue weighted by Crippen LogP contribution is -2.44. The predicted molar refractivity (Wildman–Crippen MR) is 243 cm³/mol. The number of hydrogen-bond donors (Lipinski definition) is 3. The van der Waals surface area contributed by atoms with E-state index < -0.39 is 5.60 Å². The first-order valence-electron chi connectivity index (χ1n) is 21.6. The third-order valence-electron chi connectivity index (χ3n) is 11.0. The second-order valence-corrected chi connectivity index (χ2v) is 16.8. The summed E-state index contributed by atoms with van der Waals surface area (Å²) < 4.78 is 36.3. The lowest BCUT2D eigenvalue weighted by molar-refractivity contribution is 0.0210. The highest BCUT2D eigenvalue weighted by atomic mass is 19.1. The number of rotatable bonds is 8. The first-order valence-corrected chi connectivity index (χ1v) is 21.6. The Hall–Kier alpha value is -7.47. The number of aromatic nitrogens is 10. The maximum atomic E-state index is 13.6. The Morgan fingerprint density at radius 1 is 0.646 bits per heavy atom. The lowest BCUT2D eigenvalue weighted by Gasteiger charge is -2.33. The summed E-state index contributed by atoms with van der Waals surface area (Å²) in [7, 11) is 0. The van der Waals surface area contributed by atoms with Crippen molar-refractivity contribution in [2.75, 3.05) is 36.8 Å². The molecule has 65 heavy (non-hydrogen) atoms. The van der Waals surface area contributed by atoms with Gasteiger partial charge in [-0.2, -0.15) is 0 Å². The summed E-state index contributed by atoms with van der Waals surface area (Å²) in [6.07, 6.45) is 17.2. The number of imidazole rings is 2. The van der Waals surface area contributed by atoms with Gasteiger partial charge in [-0.25, -0.2) is 43.5 Å². The molecule has 0 saturated carbocycles. The van der Waals surface area contributed by atoms with Crippen LogP contribution in [0.5, 0.6) is 0 Å². The van der Waals surface area contributed by atoms with Gasteiger partial charge in [-0.15, -0.1) is 0 Å². The van der Waals surface area contributed by atoms with Gasteiger partial charge in [-0.3, -0.25) is 18.8 Å². The topological polar surface area (TPSA) is 178 Å². The highest BCUT2D eigenvalue weighted by molar-refractivity contribution is 5.81. The number of piperidine rings is 2. The van der Waals surface area contributed by atoms with Crippen LogP contribution in [0.4, 0.5) is 25.5 Å². The number of anilines is 2. The standard InChI is InChI=1S/C26H28FN7O2.C21H20FN7/c1-26(2,3)36-25(35)33-13-9-19(10-14-33)30-24-29-11-8-20(31-24)23-22(17-4-6-18(27)7-5-17)32-21-16-28-12-15-34(21)23;22-15-3-1-14(2-4-15)19-20(29-12-11-24-13-18(29)28-19)17-7-10-25-21(27-17)26-16-5-8-23-9-6-16/h4-8,11-12,15-16,19H,9-10,13-14H2,1-3H3,(H,29,30,31);1-4,7,10-13,16,23H,5-6,8-9H2,(H,25,26,27). The zero-order valence-electron chi connectivity index (χ0n) is 36.2. The number of carbonyl (C=O) groups excluding carboxylic acids is 1. The number of likely N-dealkylation sites (tertiary alicyclic amines) is 1. The predicted octanol–water partition coefficient (Wildman–Crippen LogP) is 7.96. The van der Waals surface area contributed by atoms with Gasteiger partial charge in [-0.1, -0.05) is 0 Å². The zero-order valence-corrected chi connectivity index (χ0v) is 36.2. The van der Waals surface area contributed by atoms with E-state index in [-0.39, 0.29) is 23.8 Å². The smallest absolute Gasteiger partial charge is 0.410 e. The number of ether oxygens (including phenoxy) is 1. The maximum Gasteiger partial charge on any atom is 0.410 e. The lowest BCUT2D eigenvalue weighted by atomic mass is 10.1. The summed E-state index contributed by atoms with van der Waals surface area (Å²) >= 11 is 0. The van der Waals surface area contributed by atoms with E-state index in [2.05, 4.69) is 35.9 Å². The molecule has 0 aliphatic carbocycles. The summed E-state index contributed by atoms with van der Waals surface area (Å²) in [5.74, 6) is 0.508. The van der Waals surface area contributed by atoms with Crippen molar-refractivity contribution in [1.82, 2.24) is 58.9 Å². The molecule has 0 atom stereocenters. The highest BCUT2D eigenvalue weighted by Gasteiger charge is 2.28. The van der Waals surface area contributed by atoms with Crippen molar-refractivity contribution in [2.45, 2.75) is 64.1 Å². The molecule has 6 aromatic heterocycles. The molecule has 2 aliphatic heterocycles. The second kappa shape index (κ2) is 18.7. The summed E-state index contributed by atoms with van der Waals surface area (Å²) in [6, 6.07) is 16.7. The van der Waals surface area contributed by atoms with Gasteiger partial charge in [0, 0.05) is 73.5 Å². The minimum Gasteiger partial charge on any atom is -0.444 e. The van der Waals surface area contributed by atoms with E-state index in [1.54, 1.807) is 66.3 Å². The normalized spacial score (nSPS) is 14.8. The minimum absolute atomic E-state index is 0.127. The van der Waals surface area contributed by atoms with Crippen LogP contribution in [0.25, 0.3) is 56.6 Å². The molecule has 0 spiro atoms. The Morgan fingerprint density at radius 3 is 1.57 bits per heavy atom. The molecule has 2 fully saturated rings. The van der Waals surface area contributed by atoms with Gasteiger partial charge in [0.25, 0.3) is 0 Å². The average molecular weight is 879 g/mol. The van der Waals surface area contributed by atoms with Gasteiger partial charge >= 0.3 is 6.09 Å². The molecule has 2 saturated heterocycles. The average Bonchev–Trinajstić information content (AvgIpc) is 3.90. The number of benzene rings is 2. The quantitative estimate of drug-likeness (QED) is 0.134. The Bertz CT molecular complexity index is 2900. The zero-order chi connectivity index (χ0) is 44.9. The number of hydrogen-bond acceptors (Lipinski definition) is 13. The molecule has 8 heterocycles. The van der Waals surface area contributed by atoms with E-state index in [1.165, 1.54) is 24.3 Å². The monoisotopic (exact) mass is 878 g/mol. The summed E-state index contributed by atoms with van der Waals surface area (Å²) in [4.78, 5) is 50.3. The third kappa shape index (κ3) is 10.0. The van der Waals surface area contributed by atoms with Crippen molar-refractivity contribution in [2.24, 2.45) is 0 Å². The molecule has 1 amide bonds. The fourth-order valence-corrected chi connectivity index (χ4v) is 7.91.